The number of nitrogens with zero attached hydrogens (tertiary/aromatic N) is 2. The minimum atomic E-state index is -0.550. The number of benzene rings is 1. The summed E-state index contributed by atoms with van der Waals surface area (Å²) < 4.78 is 27.3. The van der Waals surface area contributed by atoms with Gasteiger partial charge in [-0.1, -0.05) is 19.4 Å². The molecule has 2 atom stereocenters. The van der Waals surface area contributed by atoms with Crippen LogP contribution in [0.25, 0.3) is 0 Å². The molecule has 3 rings (SSSR count). The SMILES string of the molecule is CCC(c1ccc(F)cc1F)N1CCN(C(=O)[C@H]2CCCCN2)CC1.Cl.Cl. The van der Waals surface area contributed by atoms with E-state index in [-0.39, 0.29) is 42.8 Å². The highest BCUT2D eigenvalue weighted by molar-refractivity contribution is 5.85. The van der Waals surface area contributed by atoms with Crippen molar-refractivity contribution in [2.75, 3.05) is 32.7 Å². The Morgan fingerprint density at radius 1 is 1.19 bits per heavy atom. The number of carbonyl (C=O) groups excluding carboxylic acids is 1. The summed E-state index contributed by atoms with van der Waals surface area (Å²) in [7, 11) is 0. The van der Waals surface area contributed by atoms with Crippen molar-refractivity contribution in [2.45, 2.75) is 44.7 Å². The first-order valence-corrected chi connectivity index (χ1v) is 9.31. The van der Waals surface area contributed by atoms with Gasteiger partial charge in [0.25, 0.3) is 0 Å². The van der Waals surface area contributed by atoms with Crippen molar-refractivity contribution in [3.8, 4) is 0 Å². The summed E-state index contributed by atoms with van der Waals surface area (Å²) in [5.41, 5.74) is 0.539. The number of piperidine rings is 1. The van der Waals surface area contributed by atoms with Crippen LogP contribution in [-0.4, -0.2) is 54.5 Å². The van der Waals surface area contributed by atoms with Gasteiger partial charge in [0, 0.05) is 43.9 Å². The zero-order chi connectivity index (χ0) is 17.8. The van der Waals surface area contributed by atoms with Gasteiger partial charge < -0.3 is 10.2 Å². The molecule has 0 saturated carbocycles. The molecule has 154 valence electrons. The van der Waals surface area contributed by atoms with E-state index in [0.29, 0.717) is 31.7 Å². The molecule has 0 radical (unpaired) electrons. The minimum Gasteiger partial charge on any atom is -0.339 e. The summed E-state index contributed by atoms with van der Waals surface area (Å²) >= 11 is 0. The Morgan fingerprint density at radius 3 is 2.44 bits per heavy atom. The largest absolute Gasteiger partial charge is 0.339 e. The van der Waals surface area contributed by atoms with Crippen molar-refractivity contribution < 1.29 is 13.6 Å². The lowest BCUT2D eigenvalue weighted by molar-refractivity contribution is -0.136. The molecule has 2 aliphatic heterocycles. The van der Waals surface area contributed by atoms with E-state index in [9.17, 15) is 13.6 Å². The number of carbonyl (C=O) groups is 1. The van der Waals surface area contributed by atoms with E-state index < -0.39 is 11.6 Å². The van der Waals surface area contributed by atoms with Crippen LogP contribution < -0.4 is 5.32 Å². The summed E-state index contributed by atoms with van der Waals surface area (Å²) in [6.45, 7) is 5.68. The van der Waals surface area contributed by atoms with E-state index in [1.807, 2.05) is 11.8 Å². The quantitative estimate of drug-likeness (QED) is 0.803. The number of nitrogens with one attached hydrogen (secondary N) is 1. The van der Waals surface area contributed by atoms with E-state index in [1.165, 1.54) is 6.07 Å². The molecule has 1 N–H and O–H groups in total. The molecular weight excluding hydrogens is 395 g/mol. The third kappa shape index (κ3) is 5.76. The number of halogens is 4. The first-order chi connectivity index (χ1) is 12.1. The molecule has 0 bridgehead atoms. The number of amides is 1. The Hall–Kier alpha value is -0.950. The van der Waals surface area contributed by atoms with E-state index in [4.69, 9.17) is 0 Å². The Balaban J connectivity index is 0.00000182. The smallest absolute Gasteiger partial charge is 0.239 e. The maximum absolute atomic E-state index is 14.2. The van der Waals surface area contributed by atoms with Gasteiger partial charge in [0.05, 0.1) is 6.04 Å². The van der Waals surface area contributed by atoms with Gasteiger partial charge in [-0.2, -0.15) is 0 Å². The predicted octanol–water partition coefficient (Wildman–Crippen LogP) is 3.55. The van der Waals surface area contributed by atoms with Crippen LogP contribution in [0.4, 0.5) is 8.78 Å². The number of rotatable bonds is 4. The standard InChI is InChI=1S/C19H27F2N3O.2ClH/c1-2-18(15-7-6-14(20)13-16(15)21)23-9-11-24(12-10-23)19(25)17-5-3-4-8-22-17;;/h6-7,13,17-18,22H,2-5,8-12H2,1H3;2*1H/t17-,18?;;/m1../s1. The van der Waals surface area contributed by atoms with Gasteiger partial charge in [-0.15, -0.1) is 24.8 Å². The molecule has 2 fully saturated rings. The van der Waals surface area contributed by atoms with Gasteiger partial charge >= 0.3 is 0 Å². The highest BCUT2D eigenvalue weighted by Gasteiger charge is 2.31. The minimum absolute atomic E-state index is 0. The molecular formula is C19H29Cl2F2N3O. The Labute approximate surface area is 172 Å². The van der Waals surface area contributed by atoms with Crippen molar-refractivity contribution in [1.29, 1.82) is 0 Å². The van der Waals surface area contributed by atoms with Crippen LogP contribution in [0.15, 0.2) is 18.2 Å². The molecule has 2 aliphatic rings. The van der Waals surface area contributed by atoms with E-state index in [2.05, 4.69) is 10.2 Å². The fourth-order valence-electron chi connectivity index (χ4n) is 3.98. The molecule has 1 unspecified atom stereocenters. The third-order valence-electron chi connectivity index (χ3n) is 5.38. The van der Waals surface area contributed by atoms with Gasteiger partial charge in [0.2, 0.25) is 5.91 Å². The predicted molar refractivity (Wildman–Crippen MR) is 108 cm³/mol. The Kier molecular flexibility index (Phi) is 9.95. The van der Waals surface area contributed by atoms with Crippen molar-refractivity contribution in [3.63, 3.8) is 0 Å². The fourth-order valence-corrected chi connectivity index (χ4v) is 3.98. The van der Waals surface area contributed by atoms with Crippen LogP contribution in [0.5, 0.6) is 0 Å². The zero-order valence-corrected chi connectivity index (χ0v) is 17.3. The molecule has 2 saturated heterocycles. The van der Waals surface area contributed by atoms with Gasteiger partial charge in [-0.3, -0.25) is 9.69 Å². The van der Waals surface area contributed by atoms with Crippen molar-refractivity contribution in [3.05, 3.63) is 35.4 Å². The van der Waals surface area contributed by atoms with Crippen molar-refractivity contribution in [2.24, 2.45) is 0 Å². The van der Waals surface area contributed by atoms with Gasteiger partial charge in [0.15, 0.2) is 0 Å². The van der Waals surface area contributed by atoms with Crippen LogP contribution in [0, 0.1) is 11.6 Å². The van der Waals surface area contributed by atoms with Gasteiger partial charge in [-0.05, 0) is 31.9 Å². The van der Waals surface area contributed by atoms with Crippen LogP contribution in [-0.2, 0) is 4.79 Å². The first kappa shape index (κ1) is 24.1. The second-order valence-electron chi connectivity index (χ2n) is 6.95. The molecule has 4 nitrogen and oxygen atoms in total. The third-order valence-corrected chi connectivity index (χ3v) is 5.38. The number of piperazine rings is 1. The molecule has 27 heavy (non-hydrogen) atoms. The van der Waals surface area contributed by atoms with Crippen LogP contribution >= 0.6 is 24.8 Å². The molecule has 0 spiro atoms. The van der Waals surface area contributed by atoms with Crippen LogP contribution in [0.1, 0.15) is 44.2 Å². The summed E-state index contributed by atoms with van der Waals surface area (Å²) in [6.07, 6.45) is 3.90. The molecule has 8 heteroatoms. The average molecular weight is 424 g/mol. The number of hydrogen-bond acceptors (Lipinski definition) is 3. The van der Waals surface area contributed by atoms with Gasteiger partial charge in [0.1, 0.15) is 11.6 Å². The van der Waals surface area contributed by atoms with E-state index in [0.717, 1.165) is 38.3 Å². The summed E-state index contributed by atoms with van der Waals surface area (Å²) in [5.74, 6) is -0.844. The fraction of sp³-hybridized carbons (Fsp3) is 0.632. The lowest BCUT2D eigenvalue weighted by Gasteiger charge is -2.40. The number of hydrogen-bond donors (Lipinski definition) is 1. The summed E-state index contributed by atoms with van der Waals surface area (Å²) in [5, 5.41) is 3.31. The highest BCUT2D eigenvalue weighted by Crippen LogP contribution is 2.28. The average Bonchev–Trinajstić information content (AvgIpc) is 2.65. The second kappa shape index (κ2) is 11.1. The monoisotopic (exact) mass is 423 g/mol. The first-order valence-electron chi connectivity index (χ1n) is 9.31. The maximum Gasteiger partial charge on any atom is 0.239 e. The molecule has 0 aromatic heterocycles. The maximum atomic E-state index is 14.2. The van der Waals surface area contributed by atoms with E-state index >= 15 is 0 Å². The highest BCUT2D eigenvalue weighted by atomic mass is 35.5. The second-order valence-corrected chi connectivity index (χ2v) is 6.95. The lowest BCUT2D eigenvalue weighted by atomic mass is 10.0. The van der Waals surface area contributed by atoms with Gasteiger partial charge in [-0.25, -0.2) is 8.78 Å². The lowest BCUT2D eigenvalue weighted by Crippen LogP contribution is -2.55. The molecule has 2 heterocycles. The summed E-state index contributed by atoms with van der Waals surface area (Å²) in [4.78, 5) is 16.7. The Bertz CT molecular complexity index is 607. The molecule has 0 aliphatic carbocycles. The van der Waals surface area contributed by atoms with Crippen molar-refractivity contribution >= 4 is 30.7 Å². The Morgan fingerprint density at radius 2 is 1.89 bits per heavy atom. The summed E-state index contributed by atoms with van der Waals surface area (Å²) in [6, 6.07) is 3.69. The van der Waals surface area contributed by atoms with Crippen LogP contribution in [0.3, 0.4) is 0 Å². The molecule has 1 aromatic rings. The topological polar surface area (TPSA) is 35.6 Å². The zero-order valence-electron chi connectivity index (χ0n) is 15.6. The van der Waals surface area contributed by atoms with E-state index in [1.54, 1.807) is 6.07 Å². The van der Waals surface area contributed by atoms with Crippen LogP contribution in [0.2, 0.25) is 0 Å². The molecule has 1 aromatic carbocycles. The normalized spacial score (nSPS) is 21.7. The van der Waals surface area contributed by atoms with Crippen molar-refractivity contribution in [1.82, 2.24) is 15.1 Å². The molecule has 1 amide bonds.